The van der Waals surface area contributed by atoms with Gasteiger partial charge in [-0.25, -0.2) is 9.59 Å². The summed E-state index contributed by atoms with van der Waals surface area (Å²) in [5.41, 5.74) is 4.50. The lowest BCUT2D eigenvalue weighted by Gasteiger charge is -2.36. The second-order valence-corrected chi connectivity index (χ2v) is 19.7. The Morgan fingerprint density at radius 1 is 0.408 bits per heavy atom. The molecule has 71 heavy (non-hydrogen) atoms. The van der Waals surface area contributed by atoms with E-state index in [1.807, 2.05) is 48.5 Å². The Balaban J connectivity index is 0.000000264. The molecule has 390 valence electrons. The molecule has 6 rings (SSSR count). The molecule has 0 aliphatic heterocycles. The molecule has 0 radical (unpaired) electrons. The number of carbonyl (C=O) groups is 2. The van der Waals surface area contributed by atoms with E-state index < -0.39 is 23.5 Å². The van der Waals surface area contributed by atoms with Crippen molar-refractivity contribution in [2.45, 2.75) is 199 Å². The van der Waals surface area contributed by atoms with Gasteiger partial charge in [0.1, 0.15) is 23.7 Å². The van der Waals surface area contributed by atoms with Crippen molar-refractivity contribution in [2.75, 3.05) is 26.4 Å². The SMILES string of the molecule is CCCCCCOC(=O)OC1CCC(O)(c2ccc(-c3ccc(OCCCCCC)cc3)cc2)CC1.CCCCCCOc1ccc(-c2ccc(C3(O)CCC(OC(=O)OCCCCC)CC3)cc2)cc1. The molecule has 0 saturated heterocycles. The molecular formula is C61H86O10. The fraction of sp³-hybridized carbons (Fsp3) is 0.574. The molecule has 2 aliphatic carbocycles. The van der Waals surface area contributed by atoms with Crippen LogP contribution in [0, 0.1) is 0 Å². The average Bonchev–Trinajstić information content (AvgIpc) is 3.39. The van der Waals surface area contributed by atoms with Gasteiger partial charge in [0.2, 0.25) is 0 Å². The van der Waals surface area contributed by atoms with Gasteiger partial charge in [-0.05, 0) is 135 Å². The molecule has 0 aromatic heterocycles. The Morgan fingerprint density at radius 3 is 1.01 bits per heavy atom. The van der Waals surface area contributed by atoms with E-state index in [0.29, 0.717) is 64.6 Å². The van der Waals surface area contributed by atoms with Gasteiger partial charge in [0.15, 0.2) is 0 Å². The summed E-state index contributed by atoms with van der Waals surface area (Å²) in [7, 11) is 0. The van der Waals surface area contributed by atoms with Crippen LogP contribution >= 0.6 is 0 Å². The van der Waals surface area contributed by atoms with Crippen molar-refractivity contribution in [3.8, 4) is 33.8 Å². The summed E-state index contributed by atoms with van der Waals surface area (Å²) in [6.07, 6.45) is 20.0. The Hall–Kier alpha value is -5.06. The Labute approximate surface area is 426 Å². The summed E-state index contributed by atoms with van der Waals surface area (Å²) in [6.45, 7) is 11.0. The highest BCUT2D eigenvalue weighted by molar-refractivity contribution is 5.66. The van der Waals surface area contributed by atoms with Gasteiger partial charge in [-0.3, -0.25) is 0 Å². The highest BCUT2D eigenvalue weighted by atomic mass is 16.7. The maximum absolute atomic E-state index is 11.9. The lowest BCUT2D eigenvalue weighted by atomic mass is 9.78. The molecule has 0 heterocycles. The van der Waals surface area contributed by atoms with E-state index in [2.05, 4.69) is 76.2 Å². The number of unbranched alkanes of at least 4 members (excludes halogenated alkanes) is 11. The number of carbonyl (C=O) groups excluding carboxylic acids is 2. The minimum absolute atomic E-state index is 0.194. The summed E-state index contributed by atoms with van der Waals surface area (Å²) in [5, 5.41) is 22.5. The van der Waals surface area contributed by atoms with Crippen LogP contribution in [0.15, 0.2) is 97.1 Å². The molecule has 10 heteroatoms. The van der Waals surface area contributed by atoms with Gasteiger partial charge >= 0.3 is 12.3 Å². The number of hydrogen-bond donors (Lipinski definition) is 2. The van der Waals surface area contributed by atoms with Gasteiger partial charge in [-0.15, -0.1) is 0 Å². The van der Waals surface area contributed by atoms with Crippen molar-refractivity contribution in [3.05, 3.63) is 108 Å². The molecule has 0 spiro atoms. The maximum Gasteiger partial charge on any atom is 0.508 e. The van der Waals surface area contributed by atoms with Gasteiger partial charge in [-0.1, -0.05) is 171 Å². The molecule has 4 aromatic carbocycles. The quantitative estimate of drug-likeness (QED) is 0.0440. The lowest BCUT2D eigenvalue weighted by molar-refractivity contribution is -0.0538. The minimum Gasteiger partial charge on any atom is -0.494 e. The van der Waals surface area contributed by atoms with Crippen molar-refractivity contribution < 1.29 is 48.2 Å². The number of hydrogen-bond acceptors (Lipinski definition) is 10. The third-order valence-electron chi connectivity index (χ3n) is 14.0. The van der Waals surface area contributed by atoms with Gasteiger partial charge in [-0.2, -0.15) is 0 Å². The number of benzene rings is 4. The van der Waals surface area contributed by atoms with E-state index in [1.54, 1.807) is 0 Å². The van der Waals surface area contributed by atoms with Crippen LogP contribution in [-0.2, 0) is 30.1 Å². The normalized spacial score (nSPS) is 19.7. The van der Waals surface area contributed by atoms with Crippen molar-refractivity contribution in [2.24, 2.45) is 0 Å². The first-order valence-corrected chi connectivity index (χ1v) is 27.4. The molecule has 0 atom stereocenters. The Kier molecular flexibility index (Phi) is 25.1. The van der Waals surface area contributed by atoms with E-state index in [0.717, 1.165) is 116 Å². The Morgan fingerprint density at radius 2 is 0.690 bits per heavy atom. The lowest BCUT2D eigenvalue weighted by Crippen LogP contribution is -2.35. The summed E-state index contributed by atoms with van der Waals surface area (Å²) in [4.78, 5) is 23.8. The largest absolute Gasteiger partial charge is 0.508 e. The molecule has 2 fully saturated rings. The molecule has 2 saturated carbocycles. The zero-order chi connectivity index (χ0) is 50.6. The van der Waals surface area contributed by atoms with Crippen LogP contribution in [0.5, 0.6) is 11.5 Å². The summed E-state index contributed by atoms with van der Waals surface area (Å²) < 4.78 is 33.0. The summed E-state index contributed by atoms with van der Waals surface area (Å²) in [6, 6.07) is 32.7. The van der Waals surface area contributed by atoms with Gasteiger partial charge in [0, 0.05) is 0 Å². The predicted molar refractivity (Wildman–Crippen MR) is 284 cm³/mol. The monoisotopic (exact) mass is 979 g/mol. The van der Waals surface area contributed by atoms with E-state index >= 15 is 0 Å². The standard InChI is InChI=1S/C31H44O5.C30H42O5/c1-3-5-7-9-23-34-28-17-13-26(14-18-28)25-11-15-27(16-12-25)31(33)21-19-29(20-22-31)36-30(32)35-24-10-8-6-4-2;1-3-5-7-9-22-33-27-16-12-25(13-17-27)24-10-14-26(15-11-24)30(32)20-18-28(19-21-30)35-29(31)34-23-8-6-4-2/h11-18,29,33H,3-10,19-24H2,1-2H3;10-17,28,32H,3-9,18-23H2,1-2H3. The van der Waals surface area contributed by atoms with E-state index in [4.69, 9.17) is 28.4 Å². The van der Waals surface area contributed by atoms with Crippen LogP contribution in [0.3, 0.4) is 0 Å². The molecule has 0 unspecified atom stereocenters. The smallest absolute Gasteiger partial charge is 0.494 e. The third kappa shape index (κ3) is 19.8. The van der Waals surface area contributed by atoms with Gasteiger partial charge < -0.3 is 38.6 Å². The zero-order valence-corrected chi connectivity index (χ0v) is 43.6. The van der Waals surface area contributed by atoms with E-state index in [9.17, 15) is 19.8 Å². The van der Waals surface area contributed by atoms with E-state index in [1.165, 1.54) is 38.5 Å². The van der Waals surface area contributed by atoms with E-state index in [-0.39, 0.29) is 12.2 Å². The molecular weight excluding hydrogens is 893 g/mol. The van der Waals surface area contributed by atoms with Crippen LogP contribution in [0.1, 0.15) is 187 Å². The highest BCUT2D eigenvalue weighted by Gasteiger charge is 2.37. The van der Waals surface area contributed by atoms with Gasteiger partial charge in [0.05, 0.1) is 37.6 Å². The topological polar surface area (TPSA) is 130 Å². The zero-order valence-electron chi connectivity index (χ0n) is 43.6. The number of aliphatic hydroxyl groups is 2. The van der Waals surface area contributed by atoms with Crippen LogP contribution < -0.4 is 9.47 Å². The third-order valence-corrected chi connectivity index (χ3v) is 14.0. The highest BCUT2D eigenvalue weighted by Crippen LogP contribution is 2.40. The molecule has 4 aromatic rings. The van der Waals surface area contributed by atoms with Crippen LogP contribution in [0.25, 0.3) is 22.3 Å². The van der Waals surface area contributed by atoms with Crippen LogP contribution in [0.4, 0.5) is 9.59 Å². The average molecular weight is 979 g/mol. The first-order chi connectivity index (χ1) is 34.6. The fourth-order valence-electron chi connectivity index (χ4n) is 9.35. The predicted octanol–water partition coefficient (Wildman–Crippen LogP) is 16.0. The second-order valence-electron chi connectivity index (χ2n) is 19.7. The van der Waals surface area contributed by atoms with Gasteiger partial charge in [0.25, 0.3) is 0 Å². The van der Waals surface area contributed by atoms with Crippen molar-refractivity contribution in [1.82, 2.24) is 0 Å². The van der Waals surface area contributed by atoms with Crippen molar-refractivity contribution in [1.29, 1.82) is 0 Å². The van der Waals surface area contributed by atoms with Crippen LogP contribution in [-0.4, -0.2) is 61.2 Å². The Bertz CT molecular complexity index is 2050. The number of rotatable bonds is 27. The number of ether oxygens (including phenoxy) is 6. The molecule has 10 nitrogen and oxygen atoms in total. The molecule has 0 bridgehead atoms. The molecule has 2 aliphatic rings. The first-order valence-electron chi connectivity index (χ1n) is 27.4. The summed E-state index contributed by atoms with van der Waals surface area (Å²) in [5.74, 6) is 1.81. The molecule has 0 amide bonds. The van der Waals surface area contributed by atoms with Crippen molar-refractivity contribution in [3.63, 3.8) is 0 Å². The second kappa shape index (κ2) is 31.4. The molecule has 2 N–H and O–H groups in total. The van der Waals surface area contributed by atoms with Crippen LogP contribution in [0.2, 0.25) is 0 Å². The first kappa shape index (κ1) is 56.8. The minimum atomic E-state index is -0.891. The summed E-state index contributed by atoms with van der Waals surface area (Å²) >= 11 is 0. The maximum atomic E-state index is 11.9. The van der Waals surface area contributed by atoms with Crippen molar-refractivity contribution >= 4 is 12.3 Å². The fourth-order valence-corrected chi connectivity index (χ4v) is 9.35.